The van der Waals surface area contributed by atoms with Crippen LogP contribution in [0.3, 0.4) is 0 Å². The fourth-order valence-corrected chi connectivity index (χ4v) is 5.64. The summed E-state index contributed by atoms with van der Waals surface area (Å²) >= 11 is 0. The van der Waals surface area contributed by atoms with Gasteiger partial charge in [0, 0.05) is 18.7 Å². The largest absolute Gasteiger partial charge is 0.463 e. The monoisotopic (exact) mass is 491 g/mol. The van der Waals surface area contributed by atoms with Crippen molar-refractivity contribution < 1.29 is 19.1 Å². The van der Waals surface area contributed by atoms with Crippen LogP contribution in [0, 0.1) is 11.8 Å². The lowest BCUT2D eigenvalue weighted by atomic mass is 9.82. The molecule has 2 fully saturated rings. The Bertz CT molecular complexity index is 742. The molecule has 35 heavy (non-hydrogen) atoms. The van der Waals surface area contributed by atoms with Gasteiger partial charge < -0.3 is 15.0 Å². The third kappa shape index (κ3) is 8.06. The van der Waals surface area contributed by atoms with Crippen molar-refractivity contribution in [2.24, 2.45) is 11.8 Å². The highest BCUT2D eigenvalue weighted by Crippen LogP contribution is 2.29. The quantitative estimate of drug-likeness (QED) is 0.364. The summed E-state index contributed by atoms with van der Waals surface area (Å²) in [5.41, 5.74) is 0.498. The van der Waals surface area contributed by atoms with Crippen LogP contribution in [0.5, 0.6) is 0 Å². The molecule has 1 saturated carbocycles. The van der Waals surface area contributed by atoms with Crippen molar-refractivity contribution in [2.75, 3.05) is 20.2 Å². The van der Waals surface area contributed by atoms with Crippen LogP contribution in [0.25, 0.3) is 0 Å². The maximum atomic E-state index is 14.0. The van der Waals surface area contributed by atoms with E-state index in [2.05, 4.69) is 24.1 Å². The zero-order valence-electron chi connectivity index (χ0n) is 23.1. The van der Waals surface area contributed by atoms with Crippen LogP contribution in [0.4, 0.5) is 0 Å². The molecule has 0 aromatic heterocycles. The van der Waals surface area contributed by atoms with Gasteiger partial charge in [-0.05, 0) is 71.8 Å². The maximum absolute atomic E-state index is 14.0. The number of amides is 2. The second-order valence-electron chi connectivity index (χ2n) is 11.0. The van der Waals surface area contributed by atoms with Crippen molar-refractivity contribution in [1.82, 2.24) is 15.1 Å². The molecule has 0 spiro atoms. The molecule has 1 N–H and O–H groups in total. The smallest absolute Gasteiger partial charge is 0.333 e. The summed E-state index contributed by atoms with van der Waals surface area (Å²) in [5, 5.41) is 3.23. The lowest BCUT2D eigenvalue weighted by Crippen LogP contribution is -2.59. The van der Waals surface area contributed by atoms with E-state index in [0.717, 1.165) is 51.5 Å². The second-order valence-corrected chi connectivity index (χ2v) is 11.0. The molecule has 2 amide bonds. The molecule has 2 rings (SSSR count). The van der Waals surface area contributed by atoms with Crippen molar-refractivity contribution in [2.45, 2.75) is 117 Å². The minimum atomic E-state index is -0.540. The lowest BCUT2D eigenvalue weighted by Gasteiger charge is -2.40. The highest BCUT2D eigenvalue weighted by Gasteiger charge is 2.38. The first-order chi connectivity index (χ1) is 16.6. The van der Waals surface area contributed by atoms with Crippen LogP contribution in [0.2, 0.25) is 0 Å². The molecule has 200 valence electrons. The number of hydrogen-bond acceptors (Lipinski definition) is 5. The molecule has 2 aliphatic rings. The number of rotatable bonds is 10. The fraction of sp³-hybridized carbons (Fsp3) is 0.821. The van der Waals surface area contributed by atoms with E-state index in [4.69, 9.17) is 4.74 Å². The Labute approximate surface area is 213 Å². The lowest BCUT2D eigenvalue weighted by molar-refractivity contribution is -0.141. The van der Waals surface area contributed by atoms with E-state index < -0.39 is 6.04 Å². The van der Waals surface area contributed by atoms with E-state index in [0.29, 0.717) is 18.2 Å². The van der Waals surface area contributed by atoms with E-state index in [9.17, 15) is 14.4 Å². The molecule has 0 bridgehead atoms. The van der Waals surface area contributed by atoms with Crippen molar-refractivity contribution in [3.8, 4) is 0 Å². The van der Waals surface area contributed by atoms with Gasteiger partial charge >= 0.3 is 5.97 Å². The van der Waals surface area contributed by atoms with Crippen LogP contribution in [-0.2, 0) is 19.1 Å². The summed E-state index contributed by atoms with van der Waals surface area (Å²) in [4.78, 5) is 43.7. The van der Waals surface area contributed by atoms with Crippen molar-refractivity contribution in [3.05, 3.63) is 11.6 Å². The molecule has 7 nitrogen and oxygen atoms in total. The number of ether oxygens (including phenoxy) is 1. The summed E-state index contributed by atoms with van der Waals surface area (Å²) < 4.78 is 5.14. The van der Waals surface area contributed by atoms with E-state index in [-0.39, 0.29) is 41.7 Å². The predicted molar refractivity (Wildman–Crippen MR) is 140 cm³/mol. The molecule has 3 atom stereocenters. The van der Waals surface area contributed by atoms with Gasteiger partial charge in [0.25, 0.3) is 0 Å². The number of carbonyl (C=O) groups is 3. The first-order valence-electron chi connectivity index (χ1n) is 13.8. The van der Waals surface area contributed by atoms with Gasteiger partial charge in [0.2, 0.25) is 11.8 Å². The number of likely N-dealkylation sites (tertiary alicyclic amines) is 1. The molecule has 2 unspecified atom stereocenters. The number of piperidine rings is 1. The van der Waals surface area contributed by atoms with Crippen LogP contribution in [0.1, 0.15) is 92.9 Å². The van der Waals surface area contributed by atoms with Gasteiger partial charge in [0.15, 0.2) is 0 Å². The highest BCUT2D eigenvalue weighted by atomic mass is 16.5. The van der Waals surface area contributed by atoms with Crippen molar-refractivity contribution in [3.63, 3.8) is 0 Å². The molecule has 0 aromatic rings. The van der Waals surface area contributed by atoms with E-state index in [1.807, 2.05) is 19.9 Å². The number of carbonyl (C=O) groups excluding carboxylic acids is 3. The van der Waals surface area contributed by atoms with E-state index >= 15 is 0 Å². The van der Waals surface area contributed by atoms with Gasteiger partial charge in [-0.2, -0.15) is 0 Å². The number of likely N-dealkylation sites (N-methyl/N-ethyl adjacent to an activating group) is 1. The third-order valence-electron chi connectivity index (χ3n) is 7.69. The van der Waals surface area contributed by atoms with Crippen LogP contribution >= 0.6 is 0 Å². The Morgan fingerprint density at radius 3 is 2.23 bits per heavy atom. The summed E-state index contributed by atoms with van der Waals surface area (Å²) in [6, 6.07) is -0.698. The topological polar surface area (TPSA) is 79.0 Å². The average Bonchev–Trinajstić information content (AvgIpc) is 2.85. The Morgan fingerprint density at radius 1 is 1.03 bits per heavy atom. The molecular formula is C28H49N3O4. The van der Waals surface area contributed by atoms with Gasteiger partial charge in [0.1, 0.15) is 6.04 Å². The van der Waals surface area contributed by atoms with Crippen molar-refractivity contribution in [1.29, 1.82) is 0 Å². The van der Waals surface area contributed by atoms with Gasteiger partial charge in [-0.15, -0.1) is 0 Å². The average molecular weight is 492 g/mol. The van der Waals surface area contributed by atoms with Crippen LogP contribution in [-0.4, -0.2) is 72.0 Å². The van der Waals surface area contributed by atoms with Crippen LogP contribution in [0.15, 0.2) is 11.6 Å². The molecule has 7 heteroatoms. The Hall–Kier alpha value is -1.89. The highest BCUT2D eigenvalue weighted by molar-refractivity contribution is 5.91. The molecule has 0 aromatic carbocycles. The summed E-state index contributed by atoms with van der Waals surface area (Å²) in [6.07, 6.45) is 10.1. The molecular weight excluding hydrogens is 442 g/mol. The summed E-state index contributed by atoms with van der Waals surface area (Å²) in [6.45, 7) is 13.1. The van der Waals surface area contributed by atoms with E-state index in [1.165, 1.54) is 6.42 Å². The first-order valence-corrected chi connectivity index (χ1v) is 13.8. The predicted octanol–water partition coefficient (Wildman–Crippen LogP) is 4.31. The maximum Gasteiger partial charge on any atom is 0.333 e. The fourth-order valence-electron chi connectivity index (χ4n) is 5.64. The normalized spacial score (nSPS) is 22.1. The van der Waals surface area contributed by atoms with Crippen LogP contribution < -0.4 is 5.32 Å². The van der Waals surface area contributed by atoms with Crippen molar-refractivity contribution >= 4 is 17.8 Å². The minimum absolute atomic E-state index is 0.0185. The van der Waals surface area contributed by atoms with Gasteiger partial charge in [0.05, 0.1) is 18.7 Å². The Balaban J connectivity index is 2.28. The number of esters is 1. The molecule has 0 radical (unpaired) electrons. The molecule has 1 heterocycles. The first kappa shape index (κ1) is 29.3. The number of nitrogens with one attached hydrogen (secondary N) is 1. The van der Waals surface area contributed by atoms with Gasteiger partial charge in [-0.1, -0.05) is 45.6 Å². The molecule has 1 aliphatic carbocycles. The second kappa shape index (κ2) is 14.0. The molecule has 1 saturated heterocycles. The SMILES string of the molecule is CCOC(=O)/C(C)=C/[C@H](C(C)C)N(C)C(=O)C(NC(=O)C1CCCCN1C(C)C)C1CCCCC1. The van der Waals surface area contributed by atoms with Gasteiger partial charge in [-0.25, -0.2) is 4.79 Å². The Morgan fingerprint density at radius 2 is 1.66 bits per heavy atom. The number of hydrogen-bond donors (Lipinski definition) is 1. The minimum Gasteiger partial charge on any atom is -0.463 e. The zero-order chi connectivity index (χ0) is 26.1. The summed E-state index contributed by atoms with van der Waals surface area (Å²) in [5.74, 6) is -0.200. The standard InChI is InChI=1S/C28H49N3O4/c1-8-35-28(34)21(6)18-24(19(2)3)30(7)27(33)25(22-14-10-9-11-15-22)29-26(32)23-16-12-13-17-31(23)20(4)5/h18-20,22-25H,8-17H2,1-7H3,(H,29,32)/b21-18+/t23?,24-,25?/m1/s1. The number of nitrogens with zero attached hydrogens (tertiary/aromatic N) is 2. The Kier molecular flexibility index (Phi) is 11.7. The molecule has 1 aliphatic heterocycles. The van der Waals surface area contributed by atoms with Gasteiger partial charge in [-0.3, -0.25) is 14.5 Å². The third-order valence-corrected chi connectivity index (χ3v) is 7.69. The van der Waals surface area contributed by atoms with E-state index in [1.54, 1.807) is 25.8 Å². The summed E-state index contributed by atoms with van der Waals surface area (Å²) in [7, 11) is 1.80. The zero-order valence-corrected chi connectivity index (χ0v) is 23.1.